The Labute approximate surface area is 206 Å². The van der Waals surface area contributed by atoms with Crippen LogP contribution >= 0.6 is 24.0 Å². The molecule has 0 radical (unpaired) electrons. The Hall–Kier alpha value is -2.81. The molecule has 3 aromatic rings. The first-order valence-electron chi connectivity index (χ1n) is 10.6. The van der Waals surface area contributed by atoms with Crippen LogP contribution in [0.15, 0.2) is 82.4 Å². The van der Waals surface area contributed by atoms with Crippen molar-refractivity contribution in [2.45, 2.75) is 25.4 Å². The van der Waals surface area contributed by atoms with Crippen LogP contribution in [-0.4, -0.2) is 36.9 Å². The smallest absolute Gasteiger partial charge is 0.251 e. The third-order valence-electron chi connectivity index (χ3n) is 5.61. The summed E-state index contributed by atoms with van der Waals surface area (Å²) in [5.41, 5.74) is 3.05. The molecule has 2 aromatic carbocycles. The van der Waals surface area contributed by atoms with Crippen LogP contribution in [0.4, 0.5) is 0 Å². The number of carbonyl (C=O) groups excluding carboxylic acids is 1. The maximum absolute atomic E-state index is 12.5. The van der Waals surface area contributed by atoms with E-state index in [1.54, 1.807) is 6.26 Å². The fraction of sp³-hybridized carbons (Fsp3) is 0.280. The number of guanidine groups is 1. The molecule has 1 atom stereocenters. The van der Waals surface area contributed by atoms with E-state index >= 15 is 0 Å². The Balaban J connectivity index is 0.00000289. The van der Waals surface area contributed by atoms with Gasteiger partial charge in [0.2, 0.25) is 0 Å². The highest BCUT2D eigenvalue weighted by molar-refractivity contribution is 14.0. The lowest BCUT2D eigenvalue weighted by molar-refractivity contribution is 0.0948. The summed E-state index contributed by atoms with van der Waals surface area (Å²) in [5.74, 6) is 2.04. The molecule has 0 saturated carbocycles. The van der Waals surface area contributed by atoms with Crippen molar-refractivity contribution < 1.29 is 9.21 Å². The molecule has 1 unspecified atom stereocenters. The number of amides is 1. The number of aliphatic imine (C=N–C) groups is 1. The van der Waals surface area contributed by atoms with Gasteiger partial charge in [-0.05, 0) is 41.8 Å². The quantitative estimate of drug-likeness (QED) is 0.275. The van der Waals surface area contributed by atoms with E-state index in [4.69, 9.17) is 4.42 Å². The lowest BCUT2D eigenvalue weighted by atomic mass is 9.99. The maximum atomic E-state index is 12.5. The van der Waals surface area contributed by atoms with Gasteiger partial charge in [-0.1, -0.05) is 42.5 Å². The average molecular weight is 544 g/mol. The zero-order chi connectivity index (χ0) is 21.5. The summed E-state index contributed by atoms with van der Waals surface area (Å²) in [4.78, 5) is 19.2. The molecule has 1 aromatic heterocycles. The first-order valence-corrected chi connectivity index (χ1v) is 10.6. The number of carbonyl (C=O) groups is 1. The van der Waals surface area contributed by atoms with E-state index in [0.717, 1.165) is 36.8 Å². The van der Waals surface area contributed by atoms with E-state index in [1.165, 1.54) is 5.56 Å². The van der Waals surface area contributed by atoms with Crippen LogP contribution in [0.2, 0.25) is 0 Å². The molecule has 7 heteroatoms. The second kappa shape index (κ2) is 11.7. The van der Waals surface area contributed by atoms with E-state index in [2.05, 4.69) is 50.9 Å². The van der Waals surface area contributed by atoms with Gasteiger partial charge in [-0.2, -0.15) is 0 Å². The van der Waals surface area contributed by atoms with Gasteiger partial charge in [0.15, 0.2) is 5.96 Å². The minimum absolute atomic E-state index is 0. The first-order chi connectivity index (χ1) is 15.2. The van der Waals surface area contributed by atoms with E-state index in [0.29, 0.717) is 24.6 Å². The van der Waals surface area contributed by atoms with Crippen molar-refractivity contribution in [3.63, 3.8) is 0 Å². The SMILES string of the molecule is CN=C(NCc1cccc(C(=O)NCc2ccco2)c1)N1CCC(c2ccccc2)C1.I. The molecule has 1 aliphatic heterocycles. The van der Waals surface area contributed by atoms with Crippen LogP contribution in [0, 0.1) is 0 Å². The van der Waals surface area contributed by atoms with Crippen molar-refractivity contribution in [2.75, 3.05) is 20.1 Å². The number of likely N-dealkylation sites (tertiary alicyclic amines) is 1. The first kappa shape index (κ1) is 23.8. The molecule has 0 bridgehead atoms. The summed E-state index contributed by atoms with van der Waals surface area (Å²) in [5, 5.41) is 6.33. The highest BCUT2D eigenvalue weighted by atomic mass is 127. The standard InChI is InChI=1S/C25H28N4O2.HI/c1-26-25(29-13-12-22(18-29)20-8-3-2-4-9-20)28-16-19-7-5-10-21(15-19)24(30)27-17-23-11-6-14-31-23;/h2-11,14-15,22H,12-13,16-18H2,1H3,(H,26,28)(H,27,30);1H. The van der Waals surface area contributed by atoms with Crippen LogP contribution in [0.5, 0.6) is 0 Å². The van der Waals surface area contributed by atoms with Gasteiger partial charge in [-0.25, -0.2) is 0 Å². The highest BCUT2D eigenvalue weighted by Gasteiger charge is 2.25. The number of rotatable bonds is 6. The molecule has 0 aliphatic carbocycles. The lowest BCUT2D eigenvalue weighted by Crippen LogP contribution is -2.39. The molecule has 2 N–H and O–H groups in total. The van der Waals surface area contributed by atoms with Gasteiger partial charge >= 0.3 is 0 Å². The second-order valence-corrected chi connectivity index (χ2v) is 7.71. The summed E-state index contributed by atoms with van der Waals surface area (Å²) < 4.78 is 5.26. The van der Waals surface area contributed by atoms with Crippen molar-refractivity contribution in [3.05, 3.63) is 95.4 Å². The average Bonchev–Trinajstić information content (AvgIpc) is 3.51. The fourth-order valence-electron chi connectivity index (χ4n) is 3.97. The molecule has 1 saturated heterocycles. The summed E-state index contributed by atoms with van der Waals surface area (Å²) in [7, 11) is 1.82. The molecule has 6 nitrogen and oxygen atoms in total. The van der Waals surface area contributed by atoms with Crippen LogP contribution in [0.3, 0.4) is 0 Å². The van der Waals surface area contributed by atoms with E-state index < -0.39 is 0 Å². The van der Waals surface area contributed by atoms with Crippen LogP contribution < -0.4 is 10.6 Å². The minimum atomic E-state index is -0.118. The zero-order valence-electron chi connectivity index (χ0n) is 18.2. The van der Waals surface area contributed by atoms with Crippen molar-refractivity contribution in [1.82, 2.24) is 15.5 Å². The summed E-state index contributed by atoms with van der Waals surface area (Å²) in [6, 6.07) is 22.0. The van der Waals surface area contributed by atoms with Gasteiger partial charge in [-0.3, -0.25) is 9.79 Å². The topological polar surface area (TPSA) is 69.9 Å². The summed E-state index contributed by atoms with van der Waals surface area (Å²) >= 11 is 0. The molecule has 0 spiro atoms. The third-order valence-corrected chi connectivity index (χ3v) is 5.61. The Kier molecular flexibility index (Phi) is 8.72. The number of halogens is 1. The molecule has 1 fully saturated rings. The molecule has 1 amide bonds. The van der Waals surface area contributed by atoms with Gasteiger partial charge in [0, 0.05) is 38.2 Å². The molecule has 168 valence electrons. The Bertz CT molecular complexity index is 1020. The van der Waals surface area contributed by atoms with Crippen molar-refractivity contribution in [2.24, 2.45) is 4.99 Å². The lowest BCUT2D eigenvalue weighted by Gasteiger charge is -2.22. The Morgan fingerprint density at radius 3 is 2.66 bits per heavy atom. The molecule has 1 aliphatic rings. The molecule has 2 heterocycles. The predicted octanol–water partition coefficient (Wildman–Crippen LogP) is 4.39. The molecular weight excluding hydrogens is 515 g/mol. The van der Waals surface area contributed by atoms with Crippen LogP contribution in [0.1, 0.15) is 39.6 Å². The van der Waals surface area contributed by atoms with Crippen molar-refractivity contribution >= 4 is 35.8 Å². The van der Waals surface area contributed by atoms with Crippen molar-refractivity contribution in [3.8, 4) is 0 Å². The van der Waals surface area contributed by atoms with E-state index in [-0.39, 0.29) is 29.9 Å². The third kappa shape index (κ3) is 6.12. The Morgan fingerprint density at radius 2 is 1.91 bits per heavy atom. The van der Waals surface area contributed by atoms with E-state index in [9.17, 15) is 4.79 Å². The monoisotopic (exact) mass is 544 g/mol. The van der Waals surface area contributed by atoms with Gasteiger partial charge in [0.1, 0.15) is 5.76 Å². The fourth-order valence-corrected chi connectivity index (χ4v) is 3.97. The Morgan fingerprint density at radius 1 is 1.06 bits per heavy atom. The highest BCUT2D eigenvalue weighted by Crippen LogP contribution is 2.26. The maximum Gasteiger partial charge on any atom is 0.251 e. The summed E-state index contributed by atoms with van der Waals surface area (Å²) in [6.07, 6.45) is 2.72. The number of hydrogen-bond acceptors (Lipinski definition) is 3. The summed E-state index contributed by atoms with van der Waals surface area (Å²) in [6.45, 7) is 2.92. The number of furan rings is 1. The van der Waals surface area contributed by atoms with Gasteiger partial charge in [-0.15, -0.1) is 24.0 Å². The predicted molar refractivity (Wildman–Crippen MR) is 137 cm³/mol. The minimum Gasteiger partial charge on any atom is -0.467 e. The van der Waals surface area contributed by atoms with Crippen LogP contribution in [-0.2, 0) is 13.1 Å². The number of hydrogen-bond donors (Lipinski definition) is 2. The normalized spacial score (nSPS) is 15.8. The van der Waals surface area contributed by atoms with E-state index in [1.807, 2.05) is 43.4 Å². The molecule has 32 heavy (non-hydrogen) atoms. The zero-order valence-corrected chi connectivity index (χ0v) is 20.5. The number of nitrogens with zero attached hydrogens (tertiary/aromatic N) is 2. The van der Waals surface area contributed by atoms with Crippen molar-refractivity contribution in [1.29, 1.82) is 0 Å². The number of benzene rings is 2. The van der Waals surface area contributed by atoms with Gasteiger partial charge in [0.05, 0.1) is 12.8 Å². The number of nitrogens with one attached hydrogen (secondary N) is 2. The van der Waals surface area contributed by atoms with Gasteiger partial charge in [0.25, 0.3) is 5.91 Å². The van der Waals surface area contributed by atoms with Crippen LogP contribution in [0.25, 0.3) is 0 Å². The second-order valence-electron chi connectivity index (χ2n) is 7.71. The van der Waals surface area contributed by atoms with Gasteiger partial charge < -0.3 is 20.0 Å². The largest absolute Gasteiger partial charge is 0.467 e. The molecular formula is C25H29IN4O2. The molecule has 4 rings (SSSR count).